The molecule has 3 heterocycles. The predicted molar refractivity (Wildman–Crippen MR) is 323 cm³/mol. The number of aryl methyl sites for hydroxylation is 2. The zero-order chi connectivity index (χ0) is 51.8. The van der Waals surface area contributed by atoms with Gasteiger partial charge in [-0.05, 0) is 149 Å². The van der Waals surface area contributed by atoms with E-state index in [0.29, 0.717) is 6.61 Å². The van der Waals surface area contributed by atoms with Crippen LogP contribution in [0.25, 0.3) is 71.3 Å². The number of nitrogens with zero attached hydrogens (tertiary/aromatic N) is 2. The molecule has 1 unspecified atom stereocenters. The maximum Gasteiger partial charge on any atom is 0.180 e. The van der Waals surface area contributed by atoms with Gasteiger partial charge in [0.2, 0.25) is 0 Å². The van der Waals surface area contributed by atoms with Gasteiger partial charge in [0.25, 0.3) is 0 Å². The number of aromatic nitrogens is 1. The first-order valence-corrected chi connectivity index (χ1v) is 28.9. The van der Waals surface area contributed by atoms with Crippen LogP contribution in [0.3, 0.4) is 0 Å². The molecule has 8 aromatic carbocycles. The molecule has 0 spiro atoms. The summed E-state index contributed by atoms with van der Waals surface area (Å²) in [6.07, 6.45) is 14.6. The molecule has 12 rings (SSSR count). The van der Waals surface area contributed by atoms with Crippen molar-refractivity contribution in [2.45, 2.75) is 117 Å². The summed E-state index contributed by atoms with van der Waals surface area (Å²) in [5.74, 6) is 1.84. The Morgan fingerprint density at radius 2 is 1.12 bits per heavy atom. The molecule has 2 aliphatic rings. The van der Waals surface area contributed by atoms with E-state index in [1.165, 1.54) is 147 Å². The lowest BCUT2D eigenvalue weighted by molar-refractivity contribution is 0.0839. The van der Waals surface area contributed by atoms with Gasteiger partial charge in [-0.3, -0.25) is 0 Å². The van der Waals surface area contributed by atoms with Crippen molar-refractivity contribution < 1.29 is 9.47 Å². The first-order valence-electron chi connectivity index (χ1n) is 28.1. The maximum absolute atomic E-state index is 6.73. The zero-order valence-electron chi connectivity index (χ0n) is 45.0. The standard InChI is InChI=1S/C71H70N2O2S/c1-6-7-8-9-10-11-12-13-14-18-25-59-47-74-69-68(75-59)49(3)76-70(69)54-42-48(2)43-58(44-54)73-66-29-22-20-27-62(66)63-45-53(34-41-67(63)73)52-32-37-56(38-33-52)72(55-35-30-51(31-36-55)50-23-16-15-17-24-50)57-39-40-61-60-26-19-21-28-64(60)71(4,5)65(61)46-57/h15-17,19-24,26-46,59H,6-14,18,25,47H2,1-5H3. The van der Waals surface area contributed by atoms with Crippen molar-refractivity contribution in [3.05, 3.63) is 204 Å². The number of rotatable bonds is 18. The summed E-state index contributed by atoms with van der Waals surface area (Å²) < 4.78 is 15.8. The lowest BCUT2D eigenvalue weighted by Gasteiger charge is -2.28. The van der Waals surface area contributed by atoms with E-state index in [9.17, 15) is 0 Å². The Bertz CT molecular complexity index is 3680. The Hall–Kier alpha value is -7.34. The van der Waals surface area contributed by atoms with Crippen LogP contribution in [0.5, 0.6) is 11.5 Å². The van der Waals surface area contributed by atoms with Crippen LogP contribution < -0.4 is 14.4 Å². The minimum absolute atomic E-state index is 0.108. The van der Waals surface area contributed by atoms with Gasteiger partial charge < -0.3 is 18.9 Å². The van der Waals surface area contributed by atoms with Crippen LogP contribution in [0.15, 0.2) is 182 Å². The quantitative estimate of drug-likeness (QED) is 0.0802. The minimum Gasteiger partial charge on any atom is -0.484 e. The predicted octanol–water partition coefficient (Wildman–Crippen LogP) is 20.7. The van der Waals surface area contributed by atoms with E-state index in [1.807, 2.05) is 0 Å². The minimum atomic E-state index is -0.110. The van der Waals surface area contributed by atoms with E-state index in [1.54, 1.807) is 11.3 Å². The normalized spacial score (nSPS) is 14.3. The molecule has 0 N–H and O–H groups in total. The first-order chi connectivity index (χ1) is 37.2. The third-order valence-electron chi connectivity index (χ3n) is 16.3. The second-order valence-electron chi connectivity index (χ2n) is 22.0. The fraction of sp³-hybridized carbons (Fsp3) is 0.268. The average Bonchev–Trinajstić information content (AvgIpc) is 4.13. The van der Waals surface area contributed by atoms with Gasteiger partial charge in [0, 0.05) is 43.8 Å². The van der Waals surface area contributed by atoms with Crippen LogP contribution in [-0.2, 0) is 5.41 Å². The molecule has 1 atom stereocenters. The molecule has 1 aliphatic heterocycles. The van der Waals surface area contributed by atoms with Crippen LogP contribution in [-0.4, -0.2) is 17.3 Å². The van der Waals surface area contributed by atoms with Gasteiger partial charge >= 0.3 is 0 Å². The molecule has 1 aliphatic carbocycles. The van der Waals surface area contributed by atoms with Crippen molar-refractivity contribution in [1.29, 1.82) is 0 Å². The van der Waals surface area contributed by atoms with E-state index >= 15 is 0 Å². The van der Waals surface area contributed by atoms with Gasteiger partial charge in [0.1, 0.15) is 12.7 Å². The molecule has 0 radical (unpaired) electrons. The molecule has 5 heteroatoms. The molecule has 4 nitrogen and oxygen atoms in total. The second kappa shape index (κ2) is 21.4. The number of unbranched alkanes of at least 4 members (excludes halogenated alkanes) is 9. The molecule has 0 fully saturated rings. The number of benzene rings is 8. The van der Waals surface area contributed by atoms with Gasteiger partial charge in [0.15, 0.2) is 11.5 Å². The van der Waals surface area contributed by atoms with Crippen molar-refractivity contribution in [3.63, 3.8) is 0 Å². The number of hydrogen-bond acceptors (Lipinski definition) is 4. The molecule has 0 saturated heterocycles. The molecular formula is C71H70N2O2S. The maximum atomic E-state index is 6.73. The Morgan fingerprint density at radius 1 is 0.513 bits per heavy atom. The number of para-hydroxylation sites is 1. The van der Waals surface area contributed by atoms with Crippen LogP contribution in [0, 0.1) is 13.8 Å². The number of ether oxygens (including phenoxy) is 2. The van der Waals surface area contributed by atoms with Gasteiger partial charge in [-0.25, -0.2) is 0 Å². The highest BCUT2D eigenvalue weighted by molar-refractivity contribution is 7.16. The monoisotopic (exact) mass is 1010 g/mol. The molecule has 76 heavy (non-hydrogen) atoms. The SMILES string of the molecule is CCCCCCCCCCCCC1COc2c(-c3cc(C)cc(-n4c5ccccc5c5cc(-c6ccc(N(c7ccc(-c8ccccc8)cc7)c7ccc8c(c7)C(C)(C)c7ccccc7-8)cc6)ccc54)c3)sc(C)c2O1. The van der Waals surface area contributed by atoms with Crippen molar-refractivity contribution in [2.24, 2.45) is 0 Å². The zero-order valence-corrected chi connectivity index (χ0v) is 45.8. The third kappa shape index (κ3) is 9.53. The smallest absolute Gasteiger partial charge is 0.180 e. The van der Waals surface area contributed by atoms with Gasteiger partial charge in [-0.1, -0.05) is 194 Å². The molecule has 0 saturated carbocycles. The largest absolute Gasteiger partial charge is 0.484 e. The topological polar surface area (TPSA) is 26.6 Å². The van der Waals surface area contributed by atoms with Crippen LogP contribution >= 0.6 is 11.3 Å². The van der Waals surface area contributed by atoms with E-state index in [0.717, 1.165) is 45.5 Å². The molecule has 382 valence electrons. The summed E-state index contributed by atoms with van der Waals surface area (Å²) in [6.45, 7) is 12.0. The van der Waals surface area contributed by atoms with Crippen molar-refractivity contribution in [3.8, 4) is 61.0 Å². The Labute approximate surface area is 454 Å². The summed E-state index contributed by atoms with van der Waals surface area (Å²) in [6, 6.07) is 67.5. The Balaban J connectivity index is 0.822. The van der Waals surface area contributed by atoms with Gasteiger partial charge in [-0.2, -0.15) is 0 Å². The number of hydrogen-bond donors (Lipinski definition) is 0. The highest BCUT2D eigenvalue weighted by Crippen LogP contribution is 2.52. The molecular weight excluding hydrogens is 945 g/mol. The Morgan fingerprint density at radius 3 is 1.87 bits per heavy atom. The van der Waals surface area contributed by atoms with E-state index in [2.05, 4.69) is 226 Å². The van der Waals surface area contributed by atoms with Crippen LogP contribution in [0.2, 0.25) is 0 Å². The van der Waals surface area contributed by atoms with E-state index in [4.69, 9.17) is 9.47 Å². The summed E-state index contributed by atoms with van der Waals surface area (Å²) >= 11 is 1.79. The molecule has 0 bridgehead atoms. The van der Waals surface area contributed by atoms with Gasteiger partial charge in [-0.15, -0.1) is 11.3 Å². The molecule has 10 aromatic rings. The molecule has 2 aromatic heterocycles. The van der Waals surface area contributed by atoms with Crippen LogP contribution in [0.4, 0.5) is 17.1 Å². The summed E-state index contributed by atoms with van der Waals surface area (Å²) in [5, 5.41) is 2.47. The van der Waals surface area contributed by atoms with Crippen molar-refractivity contribution in [1.82, 2.24) is 4.57 Å². The summed E-state index contributed by atoms with van der Waals surface area (Å²) in [4.78, 5) is 4.74. The fourth-order valence-electron chi connectivity index (χ4n) is 12.3. The van der Waals surface area contributed by atoms with Crippen molar-refractivity contribution >= 4 is 50.2 Å². The number of anilines is 3. The molecule has 0 amide bonds. The second-order valence-corrected chi connectivity index (χ2v) is 23.2. The van der Waals surface area contributed by atoms with Crippen LogP contribution in [0.1, 0.15) is 113 Å². The van der Waals surface area contributed by atoms with Crippen molar-refractivity contribution in [2.75, 3.05) is 11.5 Å². The first kappa shape index (κ1) is 49.5. The third-order valence-corrected chi connectivity index (χ3v) is 17.5. The van der Waals surface area contributed by atoms with Gasteiger partial charge in [0.05, 0.1) is 15.9 Å². The van der Waals surface area contributed by atoms with E-state index < -0.39 is 0 Å². The highest BCUT2D eigenvalue weighted by atomic mass is 32.1. The lowest BCUT2D eigenvalue weighted by atomic mass is 9.82. The fourth-order valence-corrected chi connectivity index (χ4v) is 13.3. The van der Waals surface area contributed by atoms with E-state index in [-0.39, 0.29) is 11.5 Å². The number of fused-ring (bicyclic) bond motifs is 7. The lowest BCUT2D eigenvalue weighted by Crippen LogP contribution is -2.28. The average molecular weight is 1020 g/mol. The number of thiophene rings is 1. The summed E-state index contributed by atoms with van der Waals surface area (Å²) in [5.41, 5.74) is 19.3. The highest BCUT2D eigenvalue weighted by Gasteiger charge is 2.36. The summed E-state index contributed by atoms with van der Waals surface area (Å²) in [7, 11) is 0. The Kier molecular flexibility index (Phi) is 13.9.